The summed E-state index contributed by atoms with van der Waals surface area (Å²) in [5, 5.41) is 19.5. The van der Waals surface area contributed by atoms with Crippen LogP contribution in [0.25, 0.3) is 21.8 Å². The number of phenols is 1. The number of ether oxygens (including phenoxy) is 5. The van der Waals surface area contributed by atoms with Gasteiger partial charge in [-0.1, -0.05) is 25.3 Å². The number of anilines is 4. The van der Waals surface area contributed by atoms with Crippen LogP contribution in [0.5, 0.6) is 17.8 Å². The lowest BCUT2D eigenvalue weighted by atomic mass is 10.0. The number of nitrogens with zero attached hydrogens (tertiary/aromatic N) is 14. The van der Waals surface area contributed by atoms with Crippen LogP contribution in [0, 0.1) is 6.92 Å². The molecule has 23 nitrogen and oxygen atoms in total. The maximum absolute atomic E-state index is 12.2. The first-order valence-corrected chi connectivity index (χ1v) is 31.6. The summed E-state index contributed by atoms with van der Waals surface area (Å²) < 4.78 is 28.2. The maximum atomic E-state index is 12.2. The zero-order chi connectivity index (χ0) is 61.9. The average molecular weight is 1260 g/mol. The van der Waals surface area contributed by atoms with Crippen LogP contribution in [-0.4, -0.2) is 236 Å². The molecule has 4 aromatic heterocycles. The van der Waals surface area contributed by atoms with Crippen molar-refractivity contribution in [3.8, 4) is 17.8 Å². The Bertz CT molecular complexity index is 3110. The van der Waals surface area contributed by atoms with E-state index in [4.69, 9.17) is 53.7 Å². The molecule has 0 unspecified atom stereocenters. The number of piperazine rings is 2. The van der Waals surface area contributed by atoms with Crippen molar-refractivity contribution >= 4 is 69.0 Å². The Morgan fingerprint density at radius 2 is 0.989 bits per heavy atom. The summed E-state index contributed by atoms with van der Waals surface area (Å²) in [7, 11) is 1.00. The predicted octanol–water partition coefficient (Wildman–Crippen LogP) is 5.89. The van der Waals surface area contributed by atoms with Gasteiger partial charge in [0.15, 0.2) is 0 Å². The number of carbonyl (C=O) groups is 2. The van der Waals surface area contributed by atoms with Gasteiger partial charge in [-0.25, -0.2) is 0 Å². The van der Waals surface area contributed by atoms with E-state index >= 15 is 0 Å². The highest BCUT2D eigenvalue weighted by Crippen LogP contribution is 2.37. The fourth-order valence-electron chi connectivity index (χ4n) is 12.4. The number of hydrogen-bond donors (Lipinski definition) is 2. The van der Waals surface area contributed by atoms with Crippen molar-refractivity contribution in [2.75, 3.05) is 184 Å². The van der Waals surface area contributed by atoms with E-state index in [1.807, 2.05) is 34.2 Å². The molecule has 0 radical (unpaired) electrons. The standard InChI is InChI=1S/C31H39N7O3.C30H37N7O4.C4H8O.CH4O.ClH/c1-3-28(39)36-11-13-37(14-12-36)30-25-7-10-38(27-21-23(2)20-24-6-4-8-32-29(24)27)22-26(25)33-31(34-30)41-17-5-9-35-15-18-40-19-16-35;1-2-27(39)35-10-12-36(13-11-35)29-24-6-9-37(26-20-23(38)19-22-5-3-7-31-28(22)26)21-25(24)32-30(33-29)41-16-4-8-34-14-17-40-18-15-34;1-2-4-5-3-1;1-2;/h3-4,6,8,20-21H,1,5,7,9-19,22H2,2H3;2-3,5,7,19-20,38H,1,4,6,8-18,21H2;1-4H2;2H,1H3;1H. The van der Waals surface area contributed by atoms with Gasteiger partial charge in [-0.2, -0.15) is 19.9 Å². The summed E-state index contributed by atoms with van der Waals surface area (Å²) in [6.45, 7) is 29.6. The van der Waals surface area contributed by atoms with Gasteiger partial charge < -0.3 is 63.3 Å². The van der Waals surface area contributed by atoms with Crippen LogP contribution in [0.3, 0.4) is 0 Å². The molecule has 7 aliphatic heterocycles. The smallest absolute Gasteiger partial charge is 0.318 e. The third-order valence-corrected chi connectivity index (χ3v) is 17.1. The number of rotatable bonds is 16. The van der Waals surface area contributed by atoms with Crippen molar-refractivity contribution in [1.29, 1.82) is 0 Å². The SMILES string of the molecule is C1CCOC1.C=CC(=O)N1CCN(c2nc(OCCCN3CCOCC3)nc3c2CCN(c2cc(C)cc4cccnc24)C3)CC1.C=CC(=O)N1CCN(c2nc(OCCCN3CCOCC3)nc3c2CCN(c2cc(O)cc4cccnc24)C3)CC1.CO.Cl. The molecule has 484 valence electrons. The lowest BCUT2D eigenvalue weighted by Gasteiger charge is -2.38. The van der Waals surface area contributed by atoms with Crippen molar-refractivity contribution in [2.45, 2.75) is 58.5 Å². The molecule has 13 rings (SSSR count). The van der Waals surface area contributed by atoms with Gasteiger partial charge in [0.25, 0.3) is 0 Å². The number of carbonyl (C=O) groups excluding carboxylic acids is 2. The summed E-state index contributed by atoms with van der Waals surface area (Å²) in [6, 6.07) is 16.7. The topological polar surface area (TPSA) is 224 Å². The molecule has 0 bridgehead atoms. The van der Waals surface area contributed by atoms with Gasteiger partial charge in [-0.05, 0) is 93.5 Å². The van der Waals surface area contributed by atoms with Gasteiger partial charge in [-0.3, -0.25) is 29.4 Å². The summed E-state index contributed by atoms with van der Waals surface area (Å²) in [5.41, 5.74) is 9.31. The Labute approximate surface area is 534 Å². The summed E-state index contributed by atoms with van der Waals surface area (Å²) >= 11 is 0. The summed E-state index contributed by atoms with van der Waals surface area (Å²) in [4.78, 5) is 71.0. The fraction of sp³-hybridized carbons (Fsp3) is 0.515. The monoisotopic (exact) mass is 1260 g/mol. The van der Waals surface area contributed by atoms with Crippen LogP contribution in [0.2, 0.25) is 0 Å². The number of fused-ring (bicyclic) bond motifs is 4. The molecule has 0 spiro atoms. The summed E-state index contributed by atoms with van der Waals surface area (Å²) in [5.74, 6) is 1.98. The first kappa shape index (κ1) is 66.9. The normalized spacial score (nSPS) is 17.7. The van der Waals surface area contributed by atoms with Gasteiger partial charge >= 0.3 is 12.0 Å². The average Bonchev–Trinajstić information content (AvgIpc) is 0.955. The van der Waals surface area contributed by atoms with Crippen LogP contribution >= 0.6 is 12.4 Å². The Morgan fingerprint density at radius 1 is 0.556 bits per heavy atom. The second-order valence-electron chi connectivity index (χ2n) is 22.9. The maximum Gasteiger partial charge on any atom is 0.318 e. The molecule has 24 heteroatoms. The third-order valence-electron chi connectivity index (χ3n) is 17.1. The van der Waals surface area contributed by atoms with E-state index in [0.29, 0.717) is 77.6 Å². The first-order valence-electron chi connectivity index (χ1n) is 31.6. The minimum atomic E-state index is -0.0405. The van der Waals surface area contributed by atoms with Crippen LogP contribution in [0.15, 0.2) is 86.2 Å². The van der Waals surface area contributed by atoms with Crippen molar-refractivity contribution in [2.24, 2.45) is 0 Å². The lowest BCUT2D eigenvalue weighted by molar-refractivity contribution is -0.127. The number of aromatic hydroxyl groups is 1. The van der Waals surface area contributed by atoms with E-state index in [2.05, 4.69) is 72.7 Å². The number of benzene rings is 2. The zero-order valence-corrected chi connectivity index (χ0v) is 53.2. The van der Waals surface area contributed by atoms with Crippen LogP contribution < -0.4 is 29.1 Å². The number of aryl methyl sites for hydroxylation is 1. The Hall–Kier alpha value is -7.51. The molecule has 6 aromatic rings. The highest BCUT2D eigenvalue weighted by Gasteiger charge is 2.32. The van der Waals surface area contributed by atoms with Crippen LogP contribution in [-0.2, 0) is 49.7 Å². The molecule has 0 saturated carbocycles. The largest absolute Gasteiger partial charge is 0.508 e. The van der Waals surface area contributed by atoms with E-state index < -0.39 is 0 Å². The molecular formula is C66H89ClN14O9. The minimum absolute atomic E-state index is 0. The number of pyridine rings is 2. The molecule has 90 heavy (non-hydrogen) atoms. The fourth-order valence-corrected chi connectivity index (χ4v) is 12.4. The van der Waals surface area contributed by atoms with Gasteiger partial charge in [-0.15, -0.1) is 12.4 Å². The van der Waals surface area contributed by atoms with E-state index in [1.54, 1.807) is 18.3 Å². The van der Waals surface area contributed by atoms with Crippen LogP contribution in [0.1, 0.15) is 53.8 Å². The van der Waals surface area contributed by atoms with Crippen molar-refractivity contribution in [3.05, 3.63) is 114 Å². The van der Waals surface area contributed by atoms with E-state index in [9.17, 15) is 14.7 Å². The van der Waals surface area contributed by atoms with Crippen molar-refractivity contribution in [3.63, 3.8) is 0 Å². The van der Waals surface area contributed by atoms with Gasteiger partial charge in [0.1, 0.15) is 17.4 Å². The first-order chi connectivity index (χ1) is 43.7. The van der Waals surface area contributed by atoms with E-state index in [-0.39, 0.29) is 30.0 Å². The van der Waals surface area contributed by atoms with Crippen molar-refractivity contribution < 1.29 is 43.5 Å². The van der Waals surface area contributed by atoms with Crippen LogP contribution in [0.4, 0.5) is 23.0 Å². The van der Waals surface area contributed by atoms with E-state index in [1.165, 1.54) is 36.1 Å². The number of phenolic OH excluding ortho intramolecular Hbond substituents is 1. The van der Waals surface area contributed by atoms with Gasteiger partial charge in [0.2, 0.25) is 11.8 Å². The molecule has 2 aromatic carbocycles. The van der Waals surface area contributed by atoms with Gasteiger partial charge in [0.05, 0.1) is 86.5 Å². The molecule has 0 atom stereocenters. The molecule has 5 saturated heterocycles. The molecule has 7 aliphatic rings. The molecule has 2 amide bonds. The molecule has 11 heterocycles. The van der Waals surface area contributed by atoms with Gasteiger partial charge in [0, 0.05) is 165 Å². The highest BCUT2D eigenvalue weighted by atomic mass is 35.5. The second-order valence-corrected chi connectivity index (χ2v) is 22.9. The lowest BCUT2D eigenvalue weighted by Crippen LogP contribution is -2.49. The Morgan fingerprint density at radius 3 is 1.42 bits per heavy atom. The molecule has 2 N–H and O–H groups in total. The predicted molar refractivity (Wildman–Crippen MR) is 352 cm³/mol. The Balaban J connectivity index is 0.000000191. The van der Waals surface area contributed by atoms with E-state index in [0.717, 1.165) is 200 Å². The summed E-state index contributed by atoms with van der Waals surface area (Å²) in [6.07, 6.45) is 12.3. The Kier molecular flexibility index (Phi) is 24.9. The number of hydrogen-bond acceptors (Lipinski definition) is 21. The number of aliphatic hydroxyl groups is 1. The van der Waals surface area contributed by atoms with Crippen molar-refractivity contribution in [1.82, 2.24) is 49.5 Å². The highest BCUT2D eigenvalue weighted by molar-refractivity contribution is 5.93. The quantitative estimate of drug-likeness (QED) is 0.0852. The third kappa shape index (κ3) is 17.3. The molecule has 0 aliphatic carbocycles. The zero-order valence-electron chi connectivity index (χ0n) is 52.4. The molecule has 5 fully saturated rings. The number of aliphatic hydroxyl groups excluding tert-OH is 1. The minimum Gasteiger partial charge on any atom is -0.508 e. The second kappa shape index (κ2) is 33.5. The number of amides is 2. The number of morpholine rings is 2. The molecular weight excluding hydrogens is 1170 g/mol. The number of aromatic nitrogens is 6. The number of halogens is 1.